The van der Waals surface area contributed by atoms with Crippen LogP contribution in [0.3, 0.4) is 0 Å². The fourth-order valence-electron chi connectivity index (χ4n) is 4.00. The highest BCUT2D eigenvalue weighted by atomic mass is 127. The molecule has 0 bridgehead atoms. The summed E-state index contributed by atoms with van der Waals surface area (Å²) in [7, 11) is 2.18. The van der Waals surface area contributed by atoms with E-state index >= 15 is 0 Å². The van der Waals surface area contributed by atoms with Gasteiger partial charge in [0.15, 0.2) is 5.96 Å². The van der Waals surface area contributed by atoms with Gasteiger partial charge >= 0.3 is 0 Å². The number of likely N-dealkylation sites (tertiary alicyclic amines) is 1. The maximum absolute atomic E-state index is 11.8. The van der Waals surface area contributed by atoms with Crippen molar-refractivity contribution in [2.75, 3.05) is 26.7 Å². The van der Waals surface area contributed by atoms with Gasteiger partial charge in [-0.2, -0.15) is 0 Å². The number of hydrogen-bond acceptors (Lipinski definition) is 3. The first-order valence-electron chi connectivity index (χ1n) is 12.2. The highest BCUT2D eigenvalue weighted by Crippen LogP contribution is 2.15. The Balaban J connectivity index is 0.00000408. The maximum atomic E-state index is 11.8. The minimum Gasteiger partial charge on any atom is -0.357 e. The van der Waals surface area contributed by atoms with Gasteiger partial charge in [0, 0.05) is 45.2 Å². The lowest BCUT2D eigenvalue weighted by Crippen LogP contribution is -2.40. The van der Waals surface area contributed by atoms with Crippen LogP contribution in [0.5, 0.6) is 0 Å². The standard InChI is InChI=1S/C27H39N5O.HI/c1-4-28-27(29-17-16-22(2)31(3)20-24-9-6-5-7-10-24)30-19-23-12-14-25(15-13-23)21-32-18-8-11-26(32)33;/h5-7,9-10,12-15,22H,4,8,11,16-21H2,1-3H3,(H2,28,29,30);1H. The molecule has 2 aromatic rings. The molecule has 6 nitrogen and oxygen atoms in total. The highest BCUT2D eigenvalue weighted by molar-refractivity contribution is 14.0. The SMILES string of the molecule is CCNC(=NCc1ccc(CN2CCCC2=O)cc1)NCCC(C)N(C)Cc1ccccc1.I. The maximum Gasteiger partial charge on any atom is 0.222 e. The Bertz CT molecular complexity index is 888. The lowest BCUT2D eigenvalue weighted by Gasteiger charge is -2.25. The molecular formula is C27H40IN5O. The Labute approximate surface area is 222 Å². The number of halogens is 1. The van der Waals surface area contributed by atoms with Gasteiger partial charge in [-0.25, -0.2) is 4.99 Å². The number of benzene rings is 2. The number of carbonyl (C=O) groups is 1. The molecule has 1 atom stereocenters. The van der Waals surface area contributed by atoms with Gasteiger partial charge < -0.3 is 15.5 Å². The Hall–Kier alpha value is -2.13. The molecule has 0 spiro atoms. The average molecular weight is 578 g/mol. The predicted molar refractivity (Wildman–Crippen MR) is 151 cm³/mol. The van der Waals surface area contributed by atoms with E-state index < -0.39 is 0 Å². The molecule has 3 rings (SSSR count). The van der Waals surface area contributed by atoms with Crippen molar-refractivity contribution in [3.63, 3.8) is 0 Å². The molecule has 1 aliphatic rings. The summed E-state index contributed by atoms with van der Waals surface area (Å²) in [5, 5.41) is 6.81. The summed E-state index contributed by atoms with van der Waals surface area (Å²) in [5.41, 5.74) is 3.68. The zero-order valence-corrected chi connectivity index (χ0v) is 23.1. The number of nitrogens with zero attached hydrogens (tertiary/aromatic N) is 3. The minimum atomic E-state index is 0. The Morgan fingerprint density at radius 1 is 1.06 bits per heavy atom. The molecule has 1 aliphatic heterocycles. The molecule has 34 heavy (non-hydrogen) atoms. The van der Waals surface area contributed by atoms with Crippen molar-refractivity contribution in [1.29, 1.82) is 0 Å². The van der Waals surface area contributed by atoms with Crippen LogP contribution in [0.2, 0.25) is 0 Å². The number of nitrogens with one attached hydrogen (secondary N) is 2. The van der Waals surface area contributed by atoms with Gasteiger partial charge in [-0.3, -0.25) is 9.69 Å². The molecule has 1 saturated heterocycles. The zero-order valence-electron chi connectivity index (χ0n) is 20.8. The second-order valence-corrected chi connectivity index (χ2v) is 8.90. The van der Waals surface area contributed by atoms with Gasteiger partial charge in [-0.1, -0.05) is 54.6 Å². The van der Waals surface area contributed by atoms with Gasteiger partial charge in [-0.15, -0.1) is 24.0 Å². The predicted octanol–water partition coefficient (Wildman–Crippen LogP) is 4.39. The van der Waals surface area contributed by atoms with Crippen LogP contribution in [0.4, 0.5) is 0 Å². The summed E-state index contributed by atoms with van der Waals surface area (Å²) in [4.78, 5) is 20.9. The van der Waals surface area contributed by atoms with Crippen molar-refractivity contribution < 1.29 is 4.79 Å². The van der Waals surface area contributed by atoms with Crippen LogP contribution in [0, 0.1) is 0 Å². The molecule has 2 N–H and O–H groups in total. The molecule has 1 fully saturated rings. The monoisotopic (exact) mass is 577 g/mol. The summed E-state index contributed by atoms with van der Waals surface area (Å²) in [5.74, 6) is 1.12. The van der Waals surface area contributed by atoms with Gasteiger partial charge in [0.05, 0.1) is 6.54 Å². The largest absolute Gasteiger partial charge is 0.357 e. The van der Waals surface area contributed by atoms with E-state index in [-0.39, 0.29) is 29.9 Å². The Morgan fingerprint density at radius 3 is 2.41 bits per heavy atom. The van der Waals surface area contributed by atoms with Crippen molar-refractivity contribution in [3.8, 4) is 0 Å². The van der Waals surface area contributed by atoms with Crippen LogP contribution in [0.1, 0.15) is 49.8 Å². The van der Waals surface area contributed by atoms with E-state index in [4.69, 9.17) is 4.99 Å². The smallest absolute Gasteiger partial charge is 0.222 e. The molecule has 7 heteroatoms. The summed E-state index contributed by atoms with van der Waals surface area (Å²) in [6.45, 7) is 9.23. The molecule has 0 saturated carbocycles. The lowest BCUT2D eigenvalue weighted by atomic mass is 10.1. The van der Waals surface area contributed by atoms with Crippen molar-refractivity contribution >= 4 is 35.8 Å². The summed E-state index contributed by atoms with van der Waals surface area (Å²) < 4.78 is 0. The van der Waals surface area contributed by atoms with E-state index in [0.29, 0.717) is 25.6 Å². The summed E-state index contributed by atoms with van der Waals surface area (Å²) in [6.07, 6.45) is 2.71. The van der Waals surface area contributed by atoms with E-state index in [1.54, 1.807) is 0 Å². The minimum absolute atomic E-state index is 0. The van der Waals surface area contributed by atoms with E-state index in [0.717, 1.165) is 45.0 Å². The first-order chi connectivity index (χ1) is 16.0. The molecule has 1 amide bonds. The van der Waals surface area contributed by atoms with E-state index in [9.17, 15) is 4.79 Å². The van der Waals surface area contributed by atoms with E-state index in [1.807, 2.05) is 4.90 Å². The Kier molecular flexibility index (Phi) is 12.4. The lowest BCUT2D eigenvalue weighted by molar-refractivity contribution is -0.128. The van der Waals surface area contributed by atoms with Gasteiger partial charge in [-0.05, 0) is 50.4 Å². The molecular weight excluding hydrogens is 537 g/mol. The number of guanidine groups is 1. The fraction of sp³-hybridized carbons (Fsp3) is 0.481. The van der Waals surface area contributed by atoms with Crippen LogP contribution in [0.15, 0.2) is 59.6 Å². The van der Waals surface area contributed by atoms with Crippen molar-refractivity contribution in [1.82, 2.24) is 20.4 Å². The third-order valence-corrected chi connectivity index (χ3v) is 6.21. The normalized spacial score (nSPS) is 14.8. The zero-order chi connectivity index (χ0) is 23.5. The molecule has 186 valence electrons. The van der Waals surface area contributed by atoms with Gasteiger partial charge in [0.2, 0.25) is 5.91 Å². The molecule has 0 aliphatic carbocycles. The molecule has 0 aromatic heterocycles. The number of amides is 1. The van der Waals surface area contributed by atoms with E-state index in [2.05, 4.69) is 91.0 Å². The van der Waals surface area contributed by atoms with Crippen LogP contribution in [0.25, 0.3) is 0 Å². The fourth-order valence-corrected chi connectivity index (χ4v) is 4.00. The number of hydrogen-bond donors (Lipinski definition) is 2. The molecule has 1 unspecified atom stereocenters. The van der Waals surface area contributed by atoms with Gasteiger partial charge in [0.1, 0.15) is 0 Å². The average Bonchev–Trinajstić information content (AvgIpc) is 3.23. The molecule has 0 radical (unpaired) electrons. The topological polar surface area (TPSA) is 60.0 Å². The number of rotatable bonds is 11. The molecule has 2 aromatic carbocycles. The van der Waals surface area contributed by atoms with Crippen molar-refractivity contribution in [2.45, 2.75) is 58.8 Å². The summed E-state index contributed by atoms with van der Waals surface area (Å²) in [6, 6.07) is 19.5. The second kappa shape index (κ2) is 15.0. The quantitative estimate of drug-likeness (QED) is 0.236. The first-order valence-corrected chi connectivity index (χ1v) is 12.2. The third kappa shape index (κ3) is 9.25. The second-order valence-electron chi connectivity index (χ2n) is 8.90. The number of carbonyl (C=O) groups excluding carboxylic acids is 1. The Morgan fingerprint density at radius 2 is 1.76 bits per heavy atom. The number of aliphatic imine (C=N–C) groups is 1. The summed E-state index contributed by atoms with van der Waals surface area (Å²) >= 11 is 0. The highest BCUT2D eigenvalue weighted by Gasteiger charge is 2.19. The van der Waals surface area contributed by atoms with Crippen molar-refractivity contribution in [3.05, 3.63) is 71.3 Å². The van der Waals surface area contributed by atoms with Crippen LogP contribution in [-0.4, -0.2) is 54.4 Å². The van der Waals surface area contributed by atoms with Crippen LogP contribution in [-0.2, 0) is 24.4 Å². The van der Waals surface area contributed by atoms with Crippen molar-refractivity contribution in [2.24, 2.45) is 4.99 Å². The first kappa shape index (κ1) is 28.1. The van der Waals surface area contributed by atoms with Crippen LogP contribution >= 0.6 is 24.0 Å². The van der Waals surface area contributed by atoms with E-state index in [1.165, 1.54) is 16.7 Å². The van der Waals surface area contributed by atoms with Crippen LogP contribution < -0.4 is 10.6 Å². The van der Waals surface area contributed by atoms with Gasteiger partial charge in [0.25, 0.3) is 0 Å². The molecule has 1 heterocycles. The third-order valence-electron chi connectivity index (χ3n) is 6.21.